The molecule has 1 N–H and O–H groups in total. The maximum absolute atomic E-state index is 5.96. The minimum atomic E-state index is 0.144. The molecule has 1 heterocycles. The highest BCUT2D eigenvalue weighted by atomic mass is 16.5. The van der Waals surface area contributed by atoms with Gasteiger partial charge in [-0.25, -0.2) is 0 Å². The smallest absolute Gasteiger partial charge is 0.324 e. The Morgan fingerprint density at radius 1 is 1.15 bits per heavy atom. The van der Waals surface area contributed by atoms with Gasteiger partial charge < -0.3 is 14.8 Å². The van der Waals surface area contributed by atoms with Crippen molar-refractivity contribution in [1.29, 1.82) is 0 Å². The Morgan fingerprint density at radius 3 is 2.45 bits per heavy atom. The molecule has 112 valence electrons. The molecule has 0 bridgehead atoms. The number of rotatable bonds is 4. The number of ether oxygens (including phenoxy) is 2. The molecule has 1 saturated carbocycles. The van der Waals surface area contributed by atoms with Crippen LogP contribution >= 0.6 is 0 Å². The van der Waals surface area contributed by atoms with E-state index < -0.39 is 0 Å². The highest BCUT2D eigenvalue weighted by molar-refractivity contribution is 5.26. The van der Waals surface area contributed by atoms with Gasteiger partial charge in [-0.05, 0) is 30.6 Å². The zero-order chi connectivity index (χ0) is 14.8. The number of hydrogen-bond donors (Lipinski definition) is 1. The predicted molar refractivity (Wildman–Crippen MR) is 77.1 cm³/mol. The van der Waals surface area contributed by atoms with Crippen LogP contribution < -0.4 is 14.8 Å². The first-order valence-corrected chi connectivity index (χ1v) is 7.06. The van der Waals surface area contributed by atoms with E-state index in [1.54, 1.807) is 7.05 Å². The SMILES string of the molecule is CNc1nc(OC)nc(OC2CC(C)CC(C)(C)C2)n1. The number of nitrogens with zero attached hydrogens (tertiary/aromatic N) is 3. The van der Waals surface area contributed by atoms with E-state index in [-0.39, 0.29) is 12.1 Å². The number of aromatic nitrogens is 3. The lowest BCUT2D eigenvalue weighted by Crippen LogP contribution is -2.34. The lowest BCUT2D eigenvalue weighted by atomic mass is 9.71. The molecule has 0 radical (unpaired) electrons. The minimum absolute atomic E-state index is 0.144. The summed E-state index contributed by atoms with van der Waals surface area (Å²) < 4.78 is 11.0. The molecule has 0 aromatic carbocycles. The Labute approximate surface area is 120 Å². The standard InChI is InChI=1S/C14H24N4O2/c1-9-6-10(8-14(2,3)7-9)20-13-17-11(15-4)16-12(18-13)19-5/h9-10H,6-8H2,1-5H3,(H,15,16,17,18). The molecule has 0 saturated heterocycles. The van der Waals surface area contributed by atoms with Crippen molar-refractivity contribution >= 4 is 5.95 Å². The molecule has 0 amide bonds. The van der Waals surface area contributed by atoms with E-state index in [2.05, 4.69) is 41.0 Å². The van der Waals surface area contributed by atoms with Crippen molar-refractivity contribution in [3.63, 3.8) is 0 Å². The van der Waals surface area contributed by atoms with Crippen molar-refractivity contribution in [2.45, 2.75) is 46.1 Å². The van der Waals surface area contributed by atoms with Crippen LogP contribution in [0.15, 0.2) is 0 Å². The van der Waals surface area contributed by atoms with Gasteiger partial charge in [0.05, 0.1) is 7.11 Å². The molecule has 1 aromatic heterocycles. The van der Waals surface area contributed by atoms with Crippen LogP contribution in [0.1, 0.15) is 40.0 Å². The van der Waals surface area contributed by atoms with Crippen molar-refractivity contribution in [3.05, 3.63) is 0 Å². The molecule has 1 aromatic rings. The molecule has 20 heavy (non-hydrogen) atoms. The molecule has 2 unspecified atom stereocenters. The summed E-state index contributed by atoms with van der Waals surface area (Å²) in [7, 11) is 3.29. The van der Waals surface area contributed by atoms with E-state index in [0.29, 0.717) is 23.3 Å². The monoisotopic (exact) mass is 280 g/mol. The number of hydrogen-bond acceptors (Lipinski definition) is 6. The van der Waals surface area contributed by atoms with Crippen LogP contribution in [0.25, 0.3) is 0 Å². The first-order chi connectivity index (χ1) is 9.41. The summed E-state index contributed by atoms with van der Waals surface area (Å²) in [5.74, 6) is 1.10. The van der Waals surface area contributed by atoms with Crippen LogP contribution in [-0.4, -0.2) is 35.2 Å². The summed E-state index contributed by atoms with van der Waals surface area (Å²) in [6, 6.07) is 0.596. The van der Waals surface area contributed by atoms with Crippen LogP contribution in [0.2, 0.25) is 0 Å². The quantitative estimate of drug-likeness (QED) is 0.914. The Balaban J connectivity index is 2.12. The first kappa shape index (κ1) is 14.8. The molecule has 0 spiro atoms. The molecule has 2 rings (SSSR count). The van der Waals surface area contributed by atoms with E-state index in [0.717, 1.165) is 12.8 Å². The van der Waals surface area contributed by atoms with E-state index in [1.165, 1.54) is 13.5 Å². The number of nitrogens with one attached hydrogen (secondary N) is 1. The molecule has 0 aliphatic heterocycles. The van der Waals surface area contributed by atoms with Gasteiger partial charge in [0.25, 0.3) is 0 Å². The molecule has 6 heteroatoms. The fraction of sp³-hybridized carbons (Fsp3) is 0.786. The summed E-state index contributed by atoms with van der Waals surface area (Å²) in [6.45, 7) is 6.84. The van der Waals surface area contributed by atoms with E-state index in [4.69, 9.17) is 9.47 Å². The second-order valence-corrected chi connectivity index (χ2v) is 6.33. The third kappa shape index (κ3) is 3.71. The number of anilines is 1. The van der Waals surface area contributed by atoms with Crippen LogP contribution in [0.4, 0.5) is 5.95 Å². The van der Waals surface area contributed by atoms with Crippen molar-refractivity contribution in [2.75, 3.05) is 19.5 Å². The Hall–Kier alpha value is -1.59. The van der Waals surface area contributed by atoms with E-state index in [1.807, 2.05) is 0 Å². The Morgan fingerprint density at radius 2 is 1.85 bits per heavy atom. The fourth-order valence-corrected chi connectivity index (χ4v) is 3.09. The largest absolute Gasteiger partial charge is 0.467 e. The normalized spacial score (nSPS) is 25.1. The topological polar surface area (TPSA) is 69.2 Å². The zero-order valence-electron chi connectivity index (χ0n) is 12.9. The third-order valence-electron chi connectivity index (χ3n) is 3.62. The maximum Gasteiger partial charge on any atom is 0.324 e. The van der Waals surface area contributed by atoms with Crippen LogP contribution in [0, 0.1) is 11.3 Å². The average Bonchev–Trinajstić information content (AvgIpc) is 2.35. The van der Waals surface area contributed by atoms with Crippen LogP contribution in [-0.2, 0) is 0 Å². The summed E-state index contributed by atoms with van der Waals surface area (Å²) >= 11 is 0. The van der Waals surface area contributed by atoms with Gasteiger partial charge in [-0.2, -0.15) is 9.97 Å². The predicted octanol–water partition coefficient (Wildman–Crippen LogP) is 2.52. The van der Waals surface area contributed by atoms with Crippen molar-refractivity contribution < 1.29 is 9.47 Å². The second-order valence-electron chi connectivity index (χ2n) is 6.33. The summed E-state index contributed by atoms with van der Waals surface area (Å²) in [5, 5.41) is 2.88. The zero-order valence-corrected chi connectivity index (χ0v) is 12.9. The fourth-order valence-electron chi connectivity index (χ4n) is 3.09. The summed E-state index contributed by atoms with van der Waals surface area (Å²) in [6.07, 6.45) is 3.42. The summed E-state index contributed by atoms with van der Waals surface area (Å²) in [4.78, 5) is 12.5. The van der Waals surface area contributed by atoms with E-state index >= 15 is 0 Å². The Bertz CT molecular complexity index is 442. The van der Waals surface area contributed by atoms with Gasteiger partial charge in [-0.3, -0.25) is 0 Å². The van der Waals surface area contributed by atoms with Gasteiger partial charge >= 0.3 is 12.0 Å². The molecule has 2 atom stereocenters. The van der Waals surface area contributed by atoms with Crippen LogP contribution in [0.5, 0.6) is 12.0 Å². The lowest BCUT2D eigenvalue weighted by Gasteiger charge is -2.38. The van der Waals surface area contributed by atoms with Crippen molar-refractivity contribution in [2.24, 2.45) is 11.3 Å². The van der Waals surface area contributed by atoms with Crippen molar-refractivity contribution in [3.8, 4) is 12.0 Å². The molecular weight excluding hydrogens is 256 g/mol. The molecule has 1 aliphatic rings. The van der Waals surface area contributed by atoms with E-state index in [9.17, 15) is 0 Å². The molecular formula is C14H24N4O2. The minimum Gasteiger partial charge on any atom is -0.467 e. The second kappa shape index (κ2) is 5.81. The Kier molecular flexibility index (Phi) is 4.30. The molecule has 6 nitrogen and oxygen atoms in total. The van der Waals surface area contributed by atoms with Gasteiger partial charge in [0.2, 0.25) is 5.95 Å². The highest BCUT2D eigenvalue weighted by Gasteiger charge is 2.33. The van der Waals surface area contributed by atoms with Gasteiger partial charge in [0.1, 0.15) is 6.10 Å². The maximum atomic E-state index is 5.96. The average molecular weight is 280 g/mol. The third-order valence-corrected chi connectivity index (χ3v) is 3.62. The number of methoxy groups -OCH3 is 1. The van der Waals surface area contributed by atoms with Crippen LogP contribution in [0.3, 0.4) is 0 Å². The highest BCUT2D eigenvalue weighted by Crippen LogP contribution is 2.39. The van der Waals surface area contributed by atoms with Gasteiger partial charge in [0, 0.05) is 7.05 Å². The van der Waals surface area contributed by atoms with Gasteiger partial charge in [-0.15, -0.1) is 4.98 Å². The van der Waals surface area contributed by atoms with Gasteiger partial charge in [0.15, 0.2) is 0 Å². The van der Waals surface area contributed by atoms with Gasteiger partial charge in [-0.1, -0.05) is 20.8 Å². The van der Waals surface area contributed by atoms with Crippen molar-refractivity contribution in [1.82, 2.24) is 15.0 Å². The first-order valence-electron chi connectivity index (χ1n) is 7.06. The lowest BCUT2D eigenvalue weighted by molar-refractivity contribution is 0.0494. The summed E-state index contributed by atoms with van der Waals surface area (Å²) in [5.41, 5.74) is 0.297. The molecule has 1 fully saturated rings. The molecule has 1 aliphatic carbocycles.